The molecule has 2 atom stereocenters. The lowest BCUT2D eigenvalue weighted by atomic mass is 9.59. The van der Waals surface area contributed by atoms with Gasteiger partial charge in [-0.15, -0.1) is 0 Å². The highest BCUT2D eigenvalue weighted by atomic mass is 14.7. The molecule has 0 spiro atoms. The maximum Gasteiger partial charge on any atom is 0.00492 e. The fraction of sp³-hybridized carbons (Fsp3) is 1.00. The quantitative estimate of drug-likeness (QED) is 0.664. The van der Waals surface area contributed by atoms with Gasteiger partial charge in [-0.1, -0.05) is 34.6 Å². The first-order chi connectivity index (χ1) is 5.75. The lowest BCUT2D eigenvalue weighted by molar-refractivity contribution is 0.0444. The van der Waals surface area contributed by atoms with Crippen molar-refractivity contribution in [2.45, 2.75) is 59.9 Å². The topological polar surface area (TPSA) is 26.0 Å². The molecule has 0 aromatic heterocycles. The summed E-state index contributed by atoms with van der Waals surface area (Å²) in [6.07, 6.45) is 3.72. The highest BCUT2D eigenvalue weighted by molar-refractivity contribution is 4.94. The largest absolute Gasteiger partial charge is 0.328 e. The van der Waals surface area contributed by atoms with E-state index in [0.717, 1.165) is 5.92 Å². The maximum absolute atomic E-state index is 6.12. The molecule has 2 N–H and O–H groups in total. The monoisotopic (exact) mass is 183 g/mol. The zero-order valence-electron chi connectivity index (χ0n) is 9.85. The van der Waals surface area contributed by atoms with Crippen molar-refractivity contribution in [3.63, 3.8) is 0 Å². The molecule has 0 radical (unpaired) electrons. The molecule has 1 aliphatic rings. The molecule has 1 saturated carbocycles. The second-order valence-corrected chi connectivity index (χ2v) is 6.32. The molecule has 1 aliphatic carbocycles. The Labute approximate surface area is 83.1 Å². The van der Waals surface area contributed by atoms with Gasteiger partial charge in [-0.05, 0) is 36.0 Å². The van der Waals surface area contributed by atoms with Crippen LogP contribution in [0.15, 0.2) is 0 Å². The molecule has 13 heavy (non-hydrogen) atoms. The van der Waals surface area contributed by atoms with Crippen molar-refractivity contribution in [3.05, 3.63) is 0 Å². The van der Waals surface area contributed by atoms with Crippen molar-refractivity contribution in [3.8, 4) is 0 Å². The van der Waals surface area contributed by atoms with Crippen LogP contribution in [0, 0.1) is 16.7 Å². The van der Waals surface area contributed by atoms with E-state index in [9.17, 15) is 0 Å². The molecule has 78 valence electrons. The van der Waals surface area contributed by atoms with Crippen molar-refractivity contribution in [1.29, 1.82) is 0 Å². The van der Waals surface area contributed by atoms with Gasteiger partial charge in [-0.25, -0.2) is 0 Å². The molecule has 0 heterocycles. The fourth-order valence-corrected chi connectivity index (χ4v) is 3.06. The lowest BCUT2D eigenvalue weighted by Gasteiger charge is -2.48. The van der Waals surface area contributed by atoms with Gasteiger partial charge in [0.15, 0.2) is 0 Å². The molecule has 1 heteroatoms. The summed E-state index contributed by atoms with van der Waals surface area (Å²) in [7, 11) is 0. The molecular formula is C12H25N. The first kappa shape index (κ1) is 11.0. The Morgan fingerprint density at radius 1 is 1.15 bits per heavy atom. The van der Waals surface area contributed by atoms with E-state index in [1.807, 2.05) is 0 Å². The molecule has 0 amide bonds. The minimum absolute atomic E-state index is 0.413. The SMILES string of the molecule is CC(C)[C@@]1(C)C[C@H](N)CC(C)(C)C1. The van der Waals surface area contributed by atoms with Gasteiger partial charge >= 0.3 is 0 Å². The molecule has 0 aromatic carbocycles. The average Bonchev–Trinajstić information content (AvgIpc) is 1.79. The zero-order chi connectivity index (χ0) is 10.3. The van der Waals surface area contributed by atoms with E-state index >= 15 is 0 Å². The highest BCUT2D eigenvalue weighted by Crippen LogP contribution is 2.49. The smallest absolute Gasteiger partial charge is 0.00492 e. The van der Waals surface area contributed by atoms with Gasteiger partial charge in [-0.2, -0.15) is 0 Å². The van der Waals surface area contributed by atoms with E-state index in [1.54, 1.807) is 0 Å². The number of hydrogen-bond acceptors (Lipinski definition) is 1. The Kier molecular flexibility index (Phi) is 2.78. The number of nitrogens with two attached hydrogens (primary N) is 1. The summed E-state index contributed by atoms with van der Waals surface area (Å²) in [5.74, 6) is 0.748. The fourth-order valence-electron chi connectivity index (χ4n) is 3.06. The Balaban J connectivity index is 2.78. The third-order valence-electron chi connectivity index (χ3n) is 3.82. The van der Waals surface area contributed by atoms with Crippen LogP contribution in [-0.2, 0) is 0 Å². The molecule has 0 saturated heterocycles. The van der Waals surface area contributed by atoms with E-state index in [-0.39, 0.29) is 0 Å². The predicted octanol–water partition coefficient (Wildman–Crippen LogP) is 3.19. The molecule has 0 aromatic rings. The van der Waals surface area contributed by atoms with Crippen LogP contribution in [0.4, 0.5) is 0 Å². The van der Waals surface area contributed by atoms with E-state index < -0.39 is 0 Å². The first-order valence-electron chi connectivity index (χ1n) is 5.51. The van der Waals surface area contributed by atoms with Gasteiger partial charge in [0.05, 0.1) is 0 Å². The molecule has 0 bridgehead atoms. The van der Waals surface area contributed by atoms with Crippen LogP contribution in [0.1, 0.15) is 53.9 Å². The Hall–Kier alpha value is -0.0400. The van der Waals surface area contributed by atoms with E-state index in [1.165, 1.54) is 19.3 Å². The summed E-state index contributed by atoms with van der Waals surface area (Å²) in [4.78, 5) is 0. The zero-order valence-corrected chi connectivity index (χ0v) is 9.85. The van der Waals surface area contributed by atoms with Crippen molar-refractivity contribution in [1.82, 2.24) is 0 Å². The molecule has 0 unspecified atom stereocenters. The third-order valence-corrected chi connectivity index (χ3v) is 3.82. The molecule has 0 aliphatic heterocycles. The first-order valence-corrected chi connectivity index (χ1v) is 5.51. The van der Waals surface area contributed by atoms with Crippen LogP contribution in [0.3, 0.4) is 0 Å². The molecule has 1 rings (SSSR count). The summed E-state index contributed by atoms with van der Waals surface area (Å²) in [6, 6.07) is 0.413. The normalized spacial score (nSPS) is 39.5. The van der Waals surface area contributed by atoms with E-state index in [0.29, 0.717) is 16.9 Å². The van der Waals surface area contributed by atoms with Crippen molar-refractivity contribution in [2.75, 3.05) is 0 Å². The van der Waals surface area contributed by atoms with E-state index in [2.05, 4.69) is 34.6 Å². The molecule has 1 fully saturated rings. The van der Waals surface area contributed by atoms with Gasteiger partial charge in [-0.3, -0.25) is 0 Å². The van der Waals surface area contributed by atoms with Gasteiger partial charge in [0, 0.05) is 6.04 Å². The van der Waals surface area contributed by atoms with Crippen LogP contribution in [0.5, 0.6) is 0 Å². The second-order valence-electron chi connectivity index (χ2n) is 6.32. The standard InChI is InChI=1S/C12H25N/c1-9(2)12(5)7-10(13)6-11(3,4)8-12/h9-10H,6-8,13H2,1-5H3/t10-,12+/m1/s1. The summed E-state index contributed by atoms with van der Waals surface area (Å²) >= 11 is 0. The lowest BCUT2D eigenvalue weighted by Crippen LogP contribution is -2.44. The highest BCUT2D eigenvalue weighted by Gasteiger charge is 2.41. The van der Waals surface area contributed by atoms with Crippen LogP contribution in [-0.4, -0.2) is 6.04 Å². The predicted molar refractivity (Wildman–Crippen MR) is 58.6 cm³/mol. The van der Waals surface area contributed by atoms with Crippen LogP contribution in [0.25, 0.3) is 0 Å². The van der Waals surface area contributed by atoms with Crippen molar-refractivity contribution in [2.24, 2.45) is 22.5 Å². The minimum Gasteiger partial charge on any atom is -0.328 e. The van der Waals surface area contributed by atoms with Gasteiger partial charge < -0.3 is 5.73 Å². The van der Waals surface area contributed by atoms with Crippen LogP contribution in [0.2, 0.25) is 0 Å². The van der Waals surface area contributed by atoms with Crippen LogP contribution >= 0.6 is 0 Å². The summed E-state index contributed by atoms with van der Waals surface area (Å²) in [5, 5.41) is 0. The minimum atomic E-state index is 0.413. The number of rotatable bonds is 1. The summed E-state index contributed by atoms with van der Waals surface area (Å²) in [5.41, 5.74) is 7.02. The van der Waals surface area contributed by atoms with Gasteiger partial charge in [0.2, 0.25) is 0 Å². The van der Waals surface area contributed by atoms with Gasteiger partial charge in [0.1, 0.15) is 0 Å². The Morgan fingerprint density at radius 3 is 2.08 bits per heavy atom. The van der Waals surface area contributed by atoms with Crippen molar-refractivity contribution < 1.29 is 0 Å². The van der Waals surface area contributed by atoms with Gasteiger partial charge in [0.25, 0.3) is 0 Å². The summed E-state index contributed by atoms with van der Waals surface area (Å²) < 4.78 is 0. The van der Waals surface area contributed by atoms with E-state index in [4.69, 9.17) is 5.73 Å². The molecule has 1 nitrogen and oxygen atoms in total. The second kappa shape index (κ2) is 3.27. The Bertz CT molecular complexity index is 184. The third kappa shape index (κ3) is 2.46. The Morgan fingerprint density at radius 2 is 1.69 bits per heavy atom. The average molecular weight is 183 g/mol. The van der Waals surface area contributed by atoms with Crippen LogP contribution < -0.4 is 5.73 Å². The van der Waals surface area contributed by atoms with Crippen molar-refractivity contribution >= 4 is 0 Å². The maximum atomic E-state index is 6.12. The molecular weight excluding hydrogens is 158 g/mol. The number of hydrogen-bond donors (Lipinski definition) is 1. The summed E-state index contributed by atoms with van der Waals surface area (Å²) in [6.45, 7) is 11.8.